The molecule has 2 aromatic heterocycles. The third kappa shape index (κ3) is 3.86. The van der Waals surface area contributed by atoms with Crippen molar-refractivity contribution in [1.82, 2.24) is 19.9 Å². The summed E-state index contributed by atoms with van der Waals surface area (Å²) in [6.45, 7) is 3.54. The van der Waals surface area contributed by atoms with E-state index < -0.39 is 0 Å². The molecule has 142 valence electrons. The third-order valence-electron chi connectivity index (χ3n) is 5.67. The molecule has 2 saturated heterocycles. The number of likely N-dealkylation sites (tertiary alicyclic amines) is 1. The van der Waals surface area contributed by atoms with Gasteiger partial charge in [0, 0.05) is 49.6 Å². The number of hydrogen-bond donors (Lipinski definition) is 0. The van der Waals surface area contributed by atoms with Crippen molar-refractivity contribution in [3.63, 3.8) is 0 Å². The Hall–Kier alpha value is -2.70. The third-order valence-corrected chi connectivity index (χ3v) is 5.67. The summed E-state index contributed by atoms with van der Waals surface area (Å²) in [4.78, 5) is 29.8. The van der Waals surface area contributed by atoms with Gasteiger partial charge in [-0.3, -0.25) is 9.78 Å². The van der Waals surface area contributed by atoms with Crippen LogP contribution in [0.5, 0.6) is 5.88 Å². The van der Waals surface area contributed by atoms with Crippen LogP contribution in [0.4, 0.5) is 5.82 Å². The van der Waals surface area contributed by atoms with Crippen LogP contribution in [0, 0.1) is 5.41 Å². The highest BCUT2D eigenvalue weighted by Gasteiger charge is 2.43. The van der Waals surface area contributed by atoms with Crippen LogP contribution in [0.25, 0.3) is 0 Å². The molecule has 2 aromatic rings. The van der Waals surface area contributed by atoms with Crippen LogP contribution in [-0.4, -0.2) is 59.0 Å². The number of amides is 1. The van der Waals surface area contributed by atoms with Gasteiger partial charge in [0.1, 0.15) is 12.1 Å². The van der Waals surface area contributed by atoms with E-state index in [-0.39, 0.29) is 11.3 Å². The number of piperidine rings is 1. The van der Waals surface area contributed by atoms with Gasteiger partial charge < -0.3 is 14.5 Å². The highest BCUT2D eigenvalue weighted by Crippen LogP contribution is 2.40. The Bertz CT molecular complexity index is 800. The molecule has 0 saturated carbocycles. The number of rotatable bonds is 4. The maximum Gasteiger partial charge on any atom is 0.228 e. The fourth-order valence-electron chi connectivity index (χ4n) is 4.27. The molecule has 2 fully saturated rings. The minimum absolute atomic E-state index is 0.149. The van der Waals surface area contributed by atoms with E-state index in [4.69, 9.17) is 4.74 Å². The van der Waals surface area contributed by atoms with Crippen molar-refractivity contribution in [1.29, 1.82) is 0 Å². The van der Waals surface area contributed by atoms with E-state index in [9.17, 15) is 4.79 Å². The van der Waals surface area contributed by atoms with Gasteiger partial charge in [-0.1, -0.05) is 6.07 Å². The fraction of sp³-hybridized carbons (Fsp3) is 0.500. The number of aromatic nitrogens is 3. The van der Waals surface area contributed by atoms with E-state index in [1.807, 2.05) is 29.2 Å². The lowest BCUT2D eigenvalue weighted by molar-refractivity contribution is -0.129. The average Bonchev–Trinajstić information content (AvgIpc) is 3.12. The monoisotopic (exact) mass is 367 g/mol. The van der Waals surface area contributed by atoms with Gasteiger partial charge in [0.2, 0.25) is 11.8 Å². The number of hydrogen-bond acceptors (Lipinski definition) is 6. The molecule has 1 spiro atoms. The molecule has 0 aliphatic carbocycles. The number of methoxy groups -OCH3 is 1. The smallest absolute Gasteiger partial charge is 0.228 e. The lowest BCUT2D eigenvalue weighted by Crippen LogP contribution is -2.46. The van der Waals surface area contributed by atoms with E-state index in [0.717, 1.165) is 57.0 Å². The minimum Gasteiger partial charge on any atom is -0.481 e. The Morgan fingerprint density at radius 2 is 2.11 bits per heavy atom. The number of pyridine rings is 1. The van der Waals surface area contributed by atoms with Crippen LogP contribution in [-0.2, 0) is 11.2 Å². The van der Waals surface area contributed by atoms with E-state index in [1.165, 1.54) is 0 Å². The molecule has 0 unspecified atom stereocenters. The molecule has 0 aromatic carbocycles. The summed E-state index contributed by atoms with van der Waals surface area (Å²) in [7, 11) is 1.62. The Balaban J connectivity index is 1.42. The molecular formula is C20H25N5O2. The lowest BCUT2D eigenvalue weighted by atomic mass is 9.79. The second-order valence-corrected chi connectivity index (χ2v) is 7.51. The molecule has 0 N–H and O–H groups in total. The summed E-state index contributed by atoms with van der Waals surface area (Å²) in [6.07, 6.45) is 6.97. The molecule has 1 atom stereocenters. The van der Waals surface area contributed by atoms with Gasteiger partial charge in [0.25, 0.3) is 0 Å². The van der Waals surface area contributed by atoms with E-state index in [0.29, 0.717) is 12.3 Å². The molecule has 7 heteroatoms. The number of carbonyl (C=O) groups excluding carboxylic acids is 1. The Morgan fingerprint density at radius 3 is 2.93 bits per heavy atom. The molecule has 27 heavy (non-hydrogen) atoms. The van der Waals surface area contributed by atoms with Crippen molar-refractivity contribution in [3.05, 3.63) is 42.5 Å². The van der Waals surface area contributed by atoms with Gasteiger partial charge in [-0.25, -0.2) is 9.97 Å². The van der Waals surface area contributed by atoms with E-state index in [1.54, 1.807) is 19.6 Å². The summed E-state index contributed by atoms with van der Waals surface area (Å²) in [6, 6.07) is 7.60. The summed E-state index contributed by atoms with van der Waals surface area (Å²) in [5, 5.41) is 0. The van der Waals surface area contributed by atoms with Crippen molar-refractivity contribution >= 4 is 11.7 Å². The first-order valence-corrected chi connectivity index (χ1v) is 9.46. The molecule has 2 aliphatic rings. The molecule has 2 aliphatic heterocycles. The fourth-order valence-corrected chi connectivity index (χ4v) is 4.27. The predicted octanol–water partition coefficient (Wildman–Crippen LogP) is 1.94. The van der Waals surface area contributed by atoms with Gasteiger partial charge in [-0.05, 0) is 31.4 Å². The van der Waals surface area contributed by atoms with Crippen LogP contribution >= 0.6 is 0 Å². The SMILES string of the molecule is COc1cc(N2CCC[C@]3(CCN(C(=O)Cc4ccccn4)C3)C2)ncn1. The summed E-state index contributed by atoms with van der Waals surface area (Å²) in [5.74, 6) is 1.66. The highest BCUT2D eigenvalue weighted by atomic mass is 16.5. The summed E-state index contributed by atoms with van der Waals surface area (Å²) >= 11 is 0. The van der Waals surface area contributed by atoms with Crippen molar-refractivity contribution in [2.75, 3.05) is 38.2 Å². The normalized spacial score (nSPS) is 22.3. The van der Waals surface area contributed by atoms with Crippen LogP contribution in [0.15, 0.2) is 36.8 Å². The van der Waals surface area contributed by atoms with Crippen molar-refractivity contribution in [3.8, 4) is 5.88 Å². The topological polar surface area (TPSA) is 71.5 Å². The van der Waals surface area contributed by atoms with Crippen LogP contribution in [0.2, 0.25) is 0 Å². The average molecular weight is 367 g/mol. The van der Waals surface area contributed by atoms with Gasteiger partial charge in [-0.2, -0.15) is 0 Å². The molecule has 7 nitrogen and oxygen atoms in total. The van der Waals surface area contributed by atoms with Crippen LogP contribution < -0.4 is 9.64 Å². The molecule has 4 heterocycles. The van der Waals surface area contributed by atoms with Crippen molar-refractivity contribution < 1.29 is 9.53 Å². The Morgan fingerprint density at radius 1 is 1.19 bits per heavy atom. The number of nitrogens with zero attached hydrogens (tertiary/aromatic N) is 5. The molecule has 4 rings (SSSR count). The second-order valence-electron chi connectivity index (χ2n) is 7.51. The summed E-state index contributed by atoms with van der Waals surface area (Å²) < 4.78 is 5.23. The quantitative estimate of drug-likeness (QED) is 0.822. The first-order chi connectivity index (χ1) is 13.2. The Kier molecular flexibility index (Phi) is 4.92. The van der Waals surface area contributed by atoms with E-state index in [2.05, 4.69) is 19.9 Å². The zero-order chi connectivity index (χ0) is 18.7. The molecular weight excluding hydrogens is 342 g/mol. The first kappa shape index (κ1) is 17.7. The number of ether oxygens (including phenoxy) is 1. The number of carbonyl (C=O) groups is 1. The maximum absolute atomic E-state index is 12.7. The standard InChI is InChI=1S/C20H25N5O2/c1-27-18-12-17(22-15-23-18)24-9-4-6-20(13-24)7-10-25(14-20)19(26)11-16-5-2-3-8-21-16/h2-3,5,8,12,15H,4,6-7,9-11,13-14H2,1H3/t20-/m0/s1. The zero-order valence-electron chi connectivity index (χ0n) is 15.7. The first-order valence-electron chi connectivity index (χ1n) is 9.46. The largest absolute Gasteiger partial charge is 0.481 e. The number of anilines is 1. The molecule has 0 bridgehead atoms. The predicted molar refractivity (Wildman–Crippen MR) is 102 cm³/mol. The highest BCUT2D eigenvalue weighted by molar-refractivity contribution is 5.78. The van der Waals surface area contributed by atoms with Crippen LogP contribution in [0.1, 0.15) is 25.0 Å². The molecule has 0 radical (unpaired) electrons. The van der Waals surface area contributed by atoms with Gasteiger partial charge in [-0.15, -0.1) is 0 Å². The van der Waals surface area contributed by atoms with Gasteiger partial charge >= 0.3 is 0 Å². The molecule has 1 amide bonds. The Labute approximate surface area is 159 Å². The van der Waals surface area contributed by atoms with Crippen molar-refractivity contribution in [2.24, 2.45) is 5.41 Å². The van der Waals surface area contributed by atoms with Crippen molar-refractivity contribution in [2.45, 2.75) is 25.7 Å². The van der Waals surface area contributed by atoms with E-state index >= 15 is 0 Å². The lowest BCUT2D eigenvalue weighted by Gasteiger charge is -2.41. The van der Waals surface area contributed by atoms with Gasteiger partial charge in [0.15, 0.2) is 0 Å². The zero-order valence-corrected chi connectivity index (χ0v) is 15.7. The second kappa shape index (κ2) is 7.50. The minimum atomic E-state index is 0.149. The van der Waals surface area contributed by atoms with Crippen LogP contribution in [0.3, 0.4) is 0 Å². The van der Waals surface area contributed by atoms with Gasteiger partial charge in [0.05, 0.1) is 13.5 Å². The maximum atomic E-state index is 12.7. The summed E-state index contributed by atoms with van der Waals surface area (Å²) in [5.41, 5.74) is 0.984.